The summed E-state index contributed by atoms with van der Waals surface area (Å²) in [6, 6.07) is 3.94. The third-order valence-corrected chi connectivity index (χ3v) is 3.82. The van der Waals surface area contributed by atoms with Crippen LogP contribution < -0.4 is 16.4 Å². The number of anilines is 2. The number of rotatable bonds is 6. The molecule has 0 fully saturated rings. The molecule has 0 saturated carbocycles. The summed E-state index contributed by atoms with van der Waals surface area (Å²) in [6.07, 6.45) is 10.1. The fraction of sp³-hybridized carbons (Fsp3) is 0.176. The molecule has 0 amide bonds. The van der Waals surface area contributed by atoms with Crippen LogP contribution in [0.1, 0.15) is 24.2 Å². The highest BCUT2D eigenvalue weighted by atomic mass is 15.1. The van der Waals surface area contributed by atoms with Crippen LogP contribution in [-0.4, -0.2) is 32.6 Å². The summed E-state index contributed by atoms with van der Waals surface area (Å²) < 4.78 is 1.96. The molecule has 0 saturated heterocycles. The first-order valence-corrected chi connectivity index (χ1v) is 7.82. The number of hydrogen-bond donors (Lipinski definition) is 4. The van der Waals surface area contributed by atoms with E-state index in [2.05, 4.69) is 25.6 Å². The van der Waals surface area contributed by atoms with Gasteiger partial charge in [-0.2, -0.15) is 0 Å². The van der Waals surface area contributed by atoms with Crippen molar-refractivity contribution in [1.29, 1.82) is 5.41 Å². The van der Waals surface area contributed by atoms with Gasteiger partial charge in [0.2, 0.25) is 0 Å². The maximum atomic E-state index is 7.50. The lowest BCUT2D eigenvalue weighted by Gasteiger charge is -2.17. The SMILES string of the molecule is CN/C=C(\C=N)c1cnc(N)c(N[C@@H](C)c2ccc3nccn3c2)n1. The molecule has 3 aromatic rings. The molecule has 128 valence electrons. The van der Waals surface area contributed by atoms with Crippen molar-refractivity contribution in [3.05, 3.63) is 54.4 Å². The summed E-state index contributed by atoms with van der Waals surface area (Å²) in [5.74, 6) is 0.799. The van der Waals surface area contributed by atoms with Gasteiger partial charge in [0.1, 0.15) is 5.65 Å². The molecule has 5 N–H and O–H groups in total. The molecule has 3 rings (SSSR count). The van der Waals surface area contributed by atoms with Gasteiger partial charge in [-0.15, -0.1) is 0 Å². The number of fused-ring (bicyclic) bond motifs is 1. The van der Waals surface area contributed by atoms with Crippen molar-refractivity contribution >= 4 is 29.1 Å². The third-order valence-electron chi connectivity index (χ3n) is 3.82. The number of nitrogens with zero attached hydrogens (tertiary/aromatic N) is 4. The quantitative estimate of drug-likeness (QED) is 0.512. The van der Waals surface area contributed by atoms with Crippen molar-refractivity contribution in [2.75, 3.05) is 18.1 Å². The minimum atomic E-state index is -0.0321. The normalized spacial score (nSPS) is 12.8. The number of pyridine rings is 1. The van der Waals surface area contributed by atoms with Crippen LogP contribution in [0.15, 0.2) is 43.1 Å². The molecule has 3 aromatic heterocycles. The summed E-state index contributed by atoms with van der Waals surface area (Å²) in [5.41, 5.74) is 9.10. The molecule has 0 radical (unpaired) electrons. The van der Waals surface area contributed by atoms with E-state index in [0.717, 1.165) is 11.2 Å². The molecule has 0 unspecified atom stereocenters. The Labute approximate surface area is 145 Å². The highest BCUT2D eigenvalue weighted by Gasteiger charge is 2.12. The van der Waals surface area contributed by atoms with E-state index in [-0.39, 0.29) is 6.04 Å². The maximum absolute atomic E-state index is 7.50. The van der Waals surface area contributed by atoms with Gasteiger partial charge >= 0.3 is 0 Å². The smallest absolute Gasteiger partial charge is 0.170 e. The maximum Gasteiger partial charge on any atom is 0.170 e. The minimum absolute atomic E-state index is 0.0321. The Morgan fingerprint density at radius 2 is 2.20 bits per heavy atom. The second kappa shape index (κ2) is 7.00. The van der Waals surface area contributed by atoms with Crippen LogP contribution in [0.5, 0.6) is 0 Å². The number of nitrogens with one attached hydrogen (secondary N) is 3. The highest BCUT2D eigenvalue weighted by molar-refractivity contribution is 6.07. The number of allylic oxidation sites excluding steroid dienone is 1. The fourth-order valence-corrected chi connectivity index (χ4v) is 2.47. The van der Waals surface area contributed by atoms with Gasteiger partial charge in [-0.05, 0) is 18.6 Å². The van der Waals surface area contributed by atoms with E-state index in [1.807, 2.05) is 35.9 Å². The second-order valence-electron chi connectivity index (χ2n) is 5.54. The van der Waals surface area contributed by atoms with Crippen LogP contribution in [0.3, 0.4) is 0 Å². The zero-order valence-corrected chi connectivity index (χ0v) is 14.1. The fourth-order valence-electron chi connectivity index (χ4n) is 2.47. The Morgan fingerprint density at radius 1 is 1.36 bits per heavy atom. The van der Waals surface area contributed by atoms with Gasteiger partial charge in [-0.3, -0.25) is 0 Å². The Hall–Kier alpha value is -3.42. The van der Waals surface area contributed by atoms with Crippen LogP contribution in [0, 0.1) is 5.41 Å². The van der Waals surface area contributed by atoms with E-state index in [0.29, 0.717) is 22.9 Å². The zero-order valence-electron chi connectivity index (χ0n) is 14.1. The first-order chi connectivity index (χ1) is 12.1. The predicted octanol–water partition coefficient (Wildman–Crippen LogP) is 2.09. The number of hydrogen-bond acceptors (Lipinski definition) is 7. The summed E-state index contributed by atoms with van der Waals surface area (Å²) >= 11 is 0. The number of nitrogens with two attached hydrogens (primary N) is 1. The van der Waals surface area contributed by atoms with E-state index in [9.17, 15) is 0 Å². The van der Waals surface area contributed by atoms with Crippen molar-refractivity contribution in [3.8, 4) is 0 Å². The van der Waals surface area contributed by atoms with Crippen molar-refractivity contribution < 1.29 is 0 Å². The molecule has 0 bridgehead atoms. The molecule has 0 aliphatic carbocycles. The average molecular weight is 336 g/mol. The van der Waals surface area contributed by atoms with E-state index in [1.165, 1.54) is 6.21 Å². The summed E-state index contributed by atoms with van der Waals surface area (Å²) in [6.45, 7) is 2.02. The summed E-state index contributed by atoms with van der Waals surface area (Å²) in [4.78, 5) is 12.9. The van der Waals surface area contributed by atoms with E-state index < -0.39 is 0 Å². The molecule has 1 atom stereocenters. The average Bonchev–Trinajstić information content (AvgIpc) is 3.09. The summed E-state index contributed by atoms with van der Waals surface area (Å²) in [7, 11) is 1.77. The zero-order chi connectivity index (χ0) is 17.8. The second-order valence-corrected chi connectivity index (χ2v) is 5.54. The minimum Gasteiger partial charge on any atom is -0.393 e. The van der Waals surface area contributed by atoms with E-state index in [4.69, 9.17) is 11.1 Å². The van der Waals surface area contributed by atoms with Gasteiger partial charge in [-0.1, -0.05) is 6.07 Å². The molecular formula is C17H20N8. The Balaban J connectivity index is 1.88. The Bertz CT molecular complexity index is 927. The van der Waals surface area contributed by atoms with Crippen LogP contribution >= 0.6 is 0 Å². The lowest BCUT2D eigenvalue weighted by molar-refractivity contribution is 0.859. The molecule has 0 aliphatic rings. The molecule has 8 nitrogen and oxygen atoms in total. The molecule has 25 heavy (non-hydrogen) atoms. The molecule has 8 heteroatoms. The van der Waals surface area contributed by atoms with Crippen LogP contribution in [0.2, 0.25) is 0 Å². The van der Waals surface area contributed by atoms with Gasteiger partial charge in [0.25, 0.3) is 0 Å². The first-order valence-electron chi connectivity index (χ1n) is 7.82. The third kappa shape index (κ3) is 3.42. The van der Waals surface area contributed by atoms with Gasteiger partial charge in [0.15, 0.2) is 11.6 Å². The Morgan fingerprint density at radius 3 is 2.96 bits per heavy atom. The van der Waals surface area contributed by atoms with Gasteiger partial charge in [-0.25, -0.2) is 15.0 Å². The number of aromatic nitrogens is 4. The lowest BCUT2D eigenvalue weighted by Crippen LogP contribution is -2.12. The van der Waals surface area contributed by atoms with Crippen LogP contribution in [-0.2, 0) is 0 Å². The van der Waals surface area contributed by atoms with Gasteiger partial charge in [0, 0.05) is 43.6 Å². The highest BCUT2D eigenvalue weighted by Crippen LogP contribution is 2.23. The molecule has 3 heterocycles. The predicted molar refractivity (Wildman–Crippen MR) is 99.5 cm³/mol. The summed E-state index contributed by atoms with van der Waals surface area (Å²) in [5, 5.41) is 13.7. The van der Waals surface area contributed by atoms with Crippen molar-refractivity contribution in [2.24, 2.45) is 0 Å². The van der Waals surface area contributed by atoms with E-state index in [1.54, 1.807) is 25.6 Å². The van der Waals surface area contributed by atoms with Gasteiger partial charge < -0.3 is 26.2 Å². The first kappa shape index (κ1) is 16.4. The molecule has 0 spiro atoms. The monoisotopic (exact) mass is 336 g/mol. The van der Waals surface area contributed by atoms with Crippen molar-refractivity contribution in [2.45, 2.75) is 13.0 Å². The largest absolute Gasteiger partial charge is 0.393 e. The number of nitrogen functional groups attached to an aromatic ring is 1. The van der Waals surface area contributed by atoms with E-state index >= 15 is 0 Å². The van der Waals surface area contributed by atoms with Crippen molar-refractivity contribution in [1.82, 2.24) is 24.7 Å². The lowest BCUT2D eigenvalue weighted by atomic mass is 10.1. The molecule has 0 aliphatic heterocycles. The van der Waals surface area contributed by atoms with Crippen LogP contribution in [0.25, 0.3) is 11.2 Å². The van der Waals surface area contributed by atoms with Gasteiger partial charge in [0.05, 0.1) is 17.9 Å². The molecule has 0 aromatic carbocycles. The Kier molecular flexibility index (Phi) is 4.60. The molecular weight excluding hydrogens is 316 g/mol. The van der Waals surface area contributed by atoms with Crippen LogP contribution in [0.4, 0.5) is 11.6 Å². The standard InChI is InChI=1S/C17H20N8/c1-11(12-3-4-15-21-5-6-25(15)10-12)23-17-16(19)22-9-14(24-17)13(7-18)8-20-2/h3-11,18,20H,1-2H3,(H2,19,22)(H,23,24)/b13-8+,18-7?/t11-/m0/s1. The topological polar surface area (TPSA) is 117 Å². The number of imidazole rings is 1. The van der Waals surface area contributed by atoms with Crippen molar-refractivity contribution in [3.63, 3.8) is 0 Å².